The number of likely N-dealkylation sites (N-methyl/N-ethyl adjacent to an activating group) is 1. The van der Waals surface area contributed by atoms with E-state index >= 15 is 0 Å². The molecule has 0 saturated carbocycles. The number of carbonyl (C=O) groups is 1. The smallest absolute Gasteiger partial charge is 0.150 e. The second kappa shape index (κ2) is 8.15. The summed E-state index contributed by atoms with van der Waals surface area (Å²) in [4.78, 5) is 12.9. The van der Waals surface area contributed by atoms with Crippen LogP contribution in [-0.2, 0) is 4.74 Å². The molecule has 0 aliphatic rings. The first-order valence-corrected chi connectivity index (χ1v) is 7.28. The van der Waals surface area contributed by atoms with E-state index in [0.717, 1.165) is 29.5 Å². The van der Waals surface area contributed by atoms with E-state index in [4.69, 9.17) is 4.74 Å². The van der Waals surface area contributed by atoms with Gasteiger partial charge in [0.05, 0.1) is 12.9 Å². The molecule has 0 aliphatic carbocycles. The number of nitrogens with zero attached hydrogens (tertiary/aromatic N) is 1. The highest BCUT2D eigenvalue weighted by molar-refractivity contribution is 5.81. The molecule has 0 saturated heterocycles. The van der Waals surface area contributed by atoms with Crippen LogP contribution in [0.3, 0.4) is 0 Å². The summed E-state index contributed by atoms with van der Waals surface area (Å²) in [7, 11) is 4.03. The van der Waals surface area contributed by atoms with Gasteiger partial charge in [-0.2, -0.15) is 0 Å². The van der Waals surface area contributed by atoms with Gasteiger partial charge in [0, 0.05) is 17.7 Å². The summed E-state index contributed by atoms with van der Waals surface area (Å²) in [5.74, 6) is 0. The first-order chi connectivity index (χ1) is 10.7. The van der Waals surface area contributed by atoms with Crippen LogP contribution in [0.15, 0.2) is 60.9 Å². The van der Waals surface area contributed by atoms with Crippen LogP contribution in [0.5, 0.6) is 0 Å². The molecule has 0 amide bonds. The van der Waals surface area contributed by atoms with Crippen LogP contribution in [0.4, 0.5) is 0 Å². The van der Waals surface area contributed by atoms with Crippen molar-refractivity contribution in [2.75, 3.05) is 27.2 Å². The fourth-order valence-electron chi connectivity index (χ4n) is 2.04. The predicted octanol–water partition coefficient (Wildman–Crippen LogP) is 3.47. The second-order valence-electron chi connectivity index (χ2n) is 5.31. The quantitative estimate of drug-likeness (QED) is 0.445. The molecule has 0 aromatic heterocycles. The molecule has 0 spiro atoms. The Kier molecular flexibility index (Phi) is 5.92. The van der Waals surface area contributed by atoms with Gasteiger partial charge in [0.1, 0.15) is 6.29 Å². The minimum Gasteiger partial charge on any atom is -0.499 e. The third kappa shape index (κ3) is 4.57. The molecule has 2 rings (SSSR count). The van der Waals surface area contributed by atoms with Crippen LogP contribution in [-0.4, -0.2) is 38.4 Å². The first kappa shape index (κ1) is 16.0. The summed E-state index contributed by atoms with van der Waals surface area (Å²) in [6, 6.07) is 17.6. The van der Waals surface area contributed by atoms with E-state index in [1.807, 2.05) is 56.6 Å². The van der Waals surface area contributed by atoms with Crippen molar-refractivity contribution < 1.29 is 9.53 Å². The van der Waals surface area contributed by atoms with Crippen LogP contribution in [0, 0.1) is 0 Å². The average molecular weight is 295 g/mol. The Morgan fingerprint density at radius 3 is 2.23 bits per heavy atom. The molecule has 3 heteroatoms. The molecule has 114 valence electrons. The van der Waals surface area contributed by atoms with Crippen molar-refractivity contribution in [3.63, 3.8) is 0 Å². The molecule has 0 radical (unpaired) electrons. The van der Waals surface area contributed by atoms with Crippen LogP contribution in [0.25, 0.3) is 5.57 Å². The zero-order chi connectivity index (χ0) is 15.8. The molecule has 0 N–H and O–H groups in total. The number of benzene rings is 2. The number of aldehydes is 1. The van der Waals surface area contributed by atoms with Gasteiger partial charge in [-0.25, -0.2) is 0 Å². The Hall–Kier alpha value is -2.39. The van der Waals surface area contributed by atoms with E-state index in [2.05, 4.69) is 17.0 Å². The number of hydrogen-bond donors (Lipinski definition) is 0. The molecule has 0 aliphatic heterocycles. The maximum absolute atomic E-state index is 10.8. The summed E-state index contributed by atoms with van der Waals surface area (Å²) in [6.07, 6.45) is 2.65. The van der Waals surface area contributed by atoms with Crippen molar-refractivity contribution in [1.29, 1.82) is 0 Å². The van der Waals surface area contributed by atoms with Gasteiger partial charge in [0.2, 0.25) is 0 Å². The average Bonchev–Trinajstić information content (AvgIpc) is 2.56. The fraction of sp³-hybridized carbons (Fsp3) is 0.211. The summed E-state index contributed by atoms with van der Waals surface area (Å²) >= 11 is 0. The highest BCUT2D eigenvalue weighted by Gasteiger charge is 2.05. The summed E-state index contributed by atoms with van der Waals surface area (Å²) in [5.41, 5.74) is 3.80. The van der Waals surface area contributed by atoms with E-state index in [1.54, 1.807) is 6.26 Å². The zero-order valence-corrected chi connectivity index (χ0v) is 13.0. The van der Waals surface area contributed by atoms with E-state index in [-0.39, 0.29) is 0 Å². The van der Waals surface area contributed by atoms with Gasteiger partial charge in [-0.1, -0.05) is 54.6 Å². The summed E-state index contributed by atoms with van der Waals surface area (Å²) < 4.78 is 5.70. The van der Waals surface area contributed by atoms with Crippen LogP contribution in [0.1, 0.15) is 21.5 Å². The first-order valence-electron chi connectivity index (χ1n) is 7.28. The second-order valence-corrected chi connectivity index (χ2v) is 5.31. The Labute approximate surface area is 131 Å². The number of carbonyl (C=O) groups excluding carboxylic acids is 1. The zero-order valence-electron chi connectivity index (χ0n) is 13.0. The molecule has 3 nitrogen and oxygen atoms in total. The number of ether oxygens (including phenoxy) is 1. The van der Waals surface area contributed by atoms with Crippen molar-refractivity contribution in [3.05, 3.63) is 77.5 Å². The van der Waals surface area contributed by atoms with Crippen LogP contribution in [0.2, 0.25) is 0 Å². The van der Waals surface area contributed by atoms with Crippen molar-refractivity contribution in [2.45, 2.75) is 0 Å². The largest absolute Gasteiger partial charge is 0.499 e. The predicted molar refractivity (Wildman–Crippen MR) is 89.9 cm³/mol. The summed E-state index contributed by atoms with van der Waals surface area (Å²) in [5, 5.41) is 0. The van der Waals surface area contributed by atoms with Gasteiger partial charge in [-0.05, 0) is 25.2 Å². The minimum absolute atomic E-state index is 0.635. The van der Waals surface area contributed by atoms with E-state index in [1.165, 1.54) is 0 Å². The van der Waals surface area contributed by atoms with Crippen molar-refractivity contribution in [3.8, 4) is 0 Å². The molecule has 0 fully saturated rings. The lowest BCUT2D eigenvalue weighted by Crippen LogP contribution is -2.16. The Bertz CT molecular complexity index is 616. The fourth-order valence-corrected chi connectivity index (χ4v) is 2.04. The van der Waals surface area contributed by atoms with Crippen molar-refractivity contribution in [2.24, 2.45) is 0 Å². The van der Waals surface area contributed by atoms with E-state index in [0.29, 0.717) is 12.2 Å². The summed E-state index contributed by atoms with van der Waals surface area (Å²) in [6.45, 7) is 1.50. The maximum atomic E-state index is 10.8. The third-order valence-electron chi connectivity index (χ3n) is 3.30. The van der Waals surface area contributed by atoms with Gasteiger partial charge in [0.25, 0.3) is 0 Å². The normalized spacial score (nSPS) is 11.5. The Morgan fingerprint density at radius 2 is 1.64 bits per heavy atom. The molecule has 2 aromatic rings. The Balaban J connectivity index is 2.24. The lowest BCUT2D eigenvalue weighted by atomic mass is 9.98. The molecule has 0 bridgehead atoms. The maximum Gasteiger partial charge on any atom is 0.150 e. The lowest BCUT2D eigenvalue weighted by molar-refractivity contribution is 0.112. The molecule has 2 aromatic carbocycles. The van der Waals surface area contributed by atoms with Gasteiger partial charge in [-0.3, -0.25) is 4.79 Å². The van der Waals surface area contributed by atoms with Crippen molar-refractivity contribution >= 4 is 11.9 Å². The van der Waals surface area contributed by atoms with Gasteiger partial charge < -0.3 is 9.64 Å². The molecular weight excluding hydrogens is 274 g/mol. The Morgan fingerprint density at radius 1 is 1.00 bits per heavy atom. The SMILES string of the molecule is CN(C)CCO/C=C(/c1ccccc1)c1ccc(C=O)cc1. The third-order valence-corrected chi connectivity index (χ3v) is 3.30. The van der Waals surface area contributed by atoms with Gasteiger partial charge >= 0.3 is 0 Å². The van der Waals surface area contributed by atoms with Crippen molar-refractivity contribution in [1.82, 2.24) is 4.90 Å². The van der Waals surface area contributed by atoms with Gasteiger partial charge in [0.15, 0.2) is 0 Å². The molecular formula is C19H21NO2. The minimum atomic E-state index is 0.635. The van der Waals surface area contributed by atoms with Crippen LogP contribution >= 0.6 is 0 Å². The molecule has 0 atom stereocenters. The van der Waals surface area contributed by atoms with Crippen LogP contribution < -0.4 is 0 Å². The lowest BCUT2D eigenvalue weighted by Gasteiger charge is -2.12. The van der Waals surface area contributed by atoms with E-state index < -0.39 is 0 Å². The highest BCUT2D eigenvalue weighted by atomic mass is 16.5. The van der Waals surface area contributed by atoms with E-state index in [9.17, 15) is 4.79 Å². The van der Waals surface area contributed by atoms with Gasteiger partial charge in [-0.15, -0.1) is 0 Å². The molecule has 0 heterocycles. The highest BCUT2D eigenvalue weighted by Crippen LogP contribution is 2.23. The number of rotatable bonds is 7. The molecule has 0 unspecified atom stereocenters. The topological polar surface area (TPSA) is 29.5 Å². The number of hydrogen-bond acceptors (Lipinski definition) is 3. The standard InChI is InChI=1S/C19H21NO2/c1-20(2)12-13-22-15-19(17-6-4-3-5-7-17)18-10-8-16(14-21)9-11-18/h3-11,14-15H,12-13H2,1-2H3/b19-15-. The molecule has 22 heavy (non-hydrogen) atoms. The monoisotopic (exact) mass is 295 g/mol.